The lowest BCUT2D eigenvalue weighted by Crippen LogP contribution is -2.41. The molecule has 6 aromatic rings. The van der Waals surface area contributed by atoms with Crippen molar-refractivity contribution < 1.29 is 24.0 Å². The Morgan fingerprint density at radius 3 is 1.46 bits per heavy atom. The van der Waals surface area contributed by atoms with Gasteiger partial charge >= 0.3 is 0 Å². The fraction of sp³-hybridized carbons (Fsp3) is 0.327. The zero-order valence-electron chi connectivity index (χ0n) is 40.0. The number of aryl methyl sites for hydroxylation is 3. The molecule has 4 amide bonds. The second kappa shape index (κ2) is 19.9. The number of carbonyl (C=O) groups is 5. The Bertz CT molecular complexity index is 3470. The summed E-state index contributed by atoms with van der Waals surface area (Å²) in [7, 11) is 0. The van der Waals surface area contributed by atoms with E-state index in [0.717, 1.165) is 24.8 Å². The molecule has 366 valence electrons. The molecule has 0 spiro atoms. The van der Waals surface area contributed by atoms with Gasteiger partial charge in [0, 0.05) is 36.3 Å². The molecule has 10 rings (SSSR count). The number of nitrogen functional groups attached to an aromatic ring is 1. The van der Waals surface area contributed by atoms with Gasteiger partial charge in [0.25, 0.3) is 16.7 Å². The van der Waals surface area contributed by atoms with Crippen molar-refractivity contribution in [2.45, 2.75) is 104 Å². The van der Waals surface area contributed by atoms with Crippen molar-refractivity contribution in [3.8, 4) is 0 Å². The van der Waals surface area contributed by atoms with Gasteiger partial charge in [0.15, 0.2) is 5.78 Å². The van der Waals surface area contributed by atoms with Gasteiger partial charge in [-0.05, 0) is 109 Å². The van der Waals surface area contributed by atoms with Gasteiger partial charge in [-0.15, -0.1) is 0 Å². The minimum absolute atomic E-state index is 0.0205. The first kappa shape index (κ1) is 49.1. The highest BCUT2D eigenvalue weighted by Gasteiger charge is 2.33. The number of rotatable bonds is 6. The number of fused-ring (bicyclic) bond motifs is 3. The van der Waals surface area contributed by atoms with Crippen molar-refractivity contribution in [3.05, 3.63) is 140 Å². The summed E-state index contributed by atoms with van der Waals surface area (Å²) in [4.78, 5) is 113. The van der Waals surface area contributed by atoms with Crippen molar-refractivity contribution >= 4 is 79.2 Å². The van der Waals surface area contributed by atoms with Crippen LogP contribution in [0, 0.1) is 26.7 Å². The lowest BCUT2D eigenvalue weighted by molar-refractivity contribution is -0.125. The van der Waals surface area contributed by atoms with Gasteiger partial charge in [-0.25, -0.2) is 15.0 Å². The number of nitrogens with one attached hydrogen (secondary N) is 4. The van der Waals surface area contributed by atoms with E-state index in [2.05, 4.69) is 56.0 Å². The van der Waals surface area contributed by atoms with Crippen molar-refractivity contribution in [2.75, 3.05) is 16.4 Å². The van der Waals surface area contributed by atoms with E-state index >= 15 is 0 Å². The first-order valence-corrected chi connectivity index (χ1v) is 23.4. The minimum atomic E-state index is -0.634. The first-order chi connectivity index (χ1) is 33.8. The maximum Gasteiger partial charge on any atom is 0.264 e. The molecule has 0 bridgehead atoms. The van der Waals surface area contributed by atoms with Gasteiger partial charge < -0.3 is 27.0 Å². The summed E-state index contributed by atoms with van der Waals surface area (Å²) in [6.45, 7) is 17.9. The Labute approximate surface area is 407 Å². The number of hydrogen-bond acceptors (Lipinski definition) is 12. The number of nitrogens with two attached hydrogens (primary N) is 1. The Balaban J connectivity index is 0.000000144. The lowest BCUT2D eigenvalue weighted by atomic mass is 9.90. The zero-order valence-corrected chi connectivity index (χ0v) is 40.0. The third kappa shape index (κ3) is 10.1. The molecule has 2 aliphatic carbocycles. The van der Waals surface area contributed by atoms with Crippen LogP contribution >= 0.6 is 0 Å². The standard InChI is InChI=1S/C19H20N4O3.C17H18N4O3.C16H17N3O2/c1-10-6-9-15(18(25)20-10)23-11(2)21-13-4-3-5-14(16(13)19(23)26)22-17(24)12-7-8-12;1-9-7-8-14(16(23)18-9)21-10(2)19-12-5-4-6-13(20-11(3)22)15(12)17(21)24;1-9-6-7-13(14(20)8-9)19-10(2)18-12-5-3-4-11(17)15(12)16(19)21/h3-5,12,15H,1,6-9H2,2H3,(H,20,25)(H,22,24);4-6,14H,1,7-8H2,2-3H3,(H,18,23)(H,20,22);3-5,13H,1,6-8,17H2,2H3. The van der Waals surface area contributed by atoms with Crippen LogP contribution in [0.5, 0.6) is 0 Å². The Morgan fingerprint density at radius 2 is 1.01 bits per heavy atom. The number of benzene rings is 3. The Morgan fingerprint density at radius 1 is 0.592 bits per heavy atom. The second-order valence-corrected chi connectivity index (χ2v) is 18.3. The highest BCUT2D eigenvalue weighted by molar-refractivity contribution is 6.03. The number of aromatic nitrogens is 6. The van der Waals surface area contributed by atoms with Gasteiger partial charge in [0.05, 0.1) is 50.1 Å². The molecule has 3 unspecified atom stereocenters. The van der Waals surface area contributed by atoms with E-state index in [1.54, 1.807) is 75.4 Å². The van der Waals surface area contributed by atoms with Crippen molar-refractivity contribution in [1.82, 2.24) is 39.3 Å². The Kier molecular flexibility index (Phi) is 13.8. The summed E-state index contributed by atoms with van der Waals surface area (Å²) in [5.41, 5.74) is 10.1. The maximum absolute atomic E-state index is 13.2. The predicted molar refractivity (Wildman–Crippen MR) is 270 cm³/mol. The number of amides is 4. The number of anilines is 3. The van der Waals surface area contributed by atoms with E-state index in [9.17, 15) is 38.4 Å². The van der Waals surface area contributed by atoms with E-state index < -0.39 is 18.1 Å². The number of piperidine rings is 2. The summed E-state index contributed by atoms with van der Waals surface area (Å²) in [6.07, 6.45) is 5.64. The molecule has 0 radical (unpaired) electrons. The number of hydrogen-bond donors (Lipinski definition) is 5. The molecule has 19 nitrogen and oxygen atoms in total. The Hall–Kier alpha value is -8.35. The number of Topliss-reactive ketones (excluding diaryl/α,β-unsaturated/α-hetero) is 1. The fourth-order valence-corrected chi connectivity index (χ4v) is 9.41. The molecule has 4 fully saturated rings. The number of ketones is 1. The SMILES string of the molecule is C=C1CCC(n2c(C)nc3cccc(N)c3c2=O)C(=O)C1.C=C1CCC(n2c(C)nc3cccc(NC(=O)C4CC4)c3c2=O)C(=O)N1.C=C1CCC(n2c(C)nc3cccc(NC(C)=O)c3c2=O)C(=O)N1. The maximum atomic E-state index is 13.2. The molecular weight excluding hydrogens is 907 g/mol. The largest absolute Gasteiger partial charge is 0.398 e. The molecule has 3 atom stereocenters. The van der Waals surface area contributed by atoms with Gasteiger partial charge in [-0.1, -0.05) is 43.5 Å². The topological polar surface area (TPSA) is 264 Å². The monoisotopic (exact) mass is 961 g/mol. The predicted octanol–water partition coefficient (Wildman–Crippen LogP) is 5.78. The highest BCUT2D eigenvalue weighted by atomic mass is 16.2. The van der Waals surface area contributed by atoms with Gasteiger partial charge in [0.1, 0.15) is 29.6 Å². The molecule has 2 saturated carbocycles. The number of carbonyl (C=O) groups excluding carboxylic acids is 5. The smallest absolute Gasteiger partial charge is 0.264 e. The third-order valence-electron chi connectivity index (χ3n) is 13.0. The third-order valence-corrected chi connectivity index (χ3v) is 13.0. The number of nitrogens with zero attached hydrogens (tertiary/aromatic N) is 6. The summed E-state index contributed by atoms with van der Waals surface area (Å²) in [5.74, 6) is 0.649. The van der Waals surface area contributed by atoms with Crippen LogP contribution in [-0.2, 0) is 24.0 Å². The molecule has 3 aromatic heterocycles. The van der Waals surface area contributed by atoms with Crippen LogP contribution in [0.1, 0.15) is 100 Å². The van der Waals surface area contributed by atoms with Crippen LogP contribution < -0.4 is 43.7 Å². The molecule has 71 heavy (non-hydrogen) atoms. The van der Waals surface area contributed by atoms with E-state index in [4.69, 9.17) is 5.73 Å². The van der Waals surface area contributed by atoms with E-state index in [1.165, 1.54) is 20.6 Å². The van der Waals surface area contributed by atoms with E-state index in [0.29, 0.717) is 117 Å². The minimum Gasteiger partial charge on any atom is -0.398 e. The normalized spacial score (nSPS) is 19.0. The van der Waals surface area contributed by atoms with Crippen molar-refractivity contribution in [2.24, 2.45) is 5.92 Å². The summed E-state index contributed by atoms with van der Waals surface area (Å²) >= 11 is 0. The molecule has 4 aliphatic rings. The van der Waals surface area contributed by atoms with Crippen LogP contribution in [0.25, 0.3) is 32.7 Å². The molecule has 6 N–H and O–H groups in total. The molecule has 5 heterocycles. The summed E-state index contributed by atoms with van der Waals surface area (Å²) < 4.78 is 4.32. The van der Waals surface area contributed by atoms with Crippen LogP contribution in [-0.4, -0.2) is 58.1 Å². The van der Waals surface area contributed by atoms with Crippen LogP contribution in [0.3, 0.4) is 0 Å². The van der Waals surface area contributed by atoms with Crippen LogP contribution in [0.4, 0.5) is 17.1 Å². The van der Waals surface area contributed by atoms with Crippen molar-refractivity contribution in [3.63, 3.8) is 0 Å². The second-order valence-electron chi connectivity index (χ2n) is 18.3. The van der Waals surface area contributed by atoms with Crippen LogP contribution in [0.2, 0.25) is 0 Å². The average molecular weight is 962 g/mol. The fourth-order valence-electron chi connectivity index (χ4n) is 9.41. The summed E-state index contributed by atoms with van der Waals surface area (Å²) in [5, 5.41) is 11.9. The molecule has 3 aromatic carbocycles. The zero-order chi connectivity index (χ0) is 51.0. The number of allylic oxidation sites excluding steroid dienone is 3. The molecular formula is C52H55N11O8. The average Bonchev–Trinajstić information content (AvgIpc) is 4.15. The van der Waals surface area contributed by atoms with Crippen molar-refractivity contribution in [1.29, 1.82) is 0 Å². The van der Waals surface area contributed by atoms with Gasteiger partial charge in [0.2, 0.25) is 23.6 Å². The van der Waals surface area contributed by atoms with E-state index in [1.807, 2.05) is 0 Å². The van der Waals surface area contributed by atoms with E-state index in [-0.39, 0.29) is 52.0 Å². The lowest BCUT2D eigenvalue weighted by Gasteiger charge is -2.26. The quantitative estimate of drug-likeness (QED) is 0.0982. The molecule has 2 aliphatic heterocycles. The van der Waals surface area contributed by atoms with Crippen LogP contribution in [0.15, 0.2) is 106 Å². The first-order valence-electron chi connectivity index (χ1n) is 23.4. The van der Waals surface area contributed by atoms with Gasteiger partial charge in [-0.3, -0.25) is 52.1 Å². The van der Waals surface area contributed by atoms with Gasteiger partial charge in [-0.2, -0.15) is 0 Å². The molecule has 2 saturated heterocycles. The molecule has 19 heteroatoms. The summed E-state index contributed by atoms with van der Waals surface area (Å²) in [6, 6.07) is 13.8. The highest BCUT2D eigenvalue weighted by Crippen LogP contribution is 2.32.